The predicted octanol–water partition coefficient (Wildman–Crippen LogP) is 2.87. The third-order valence-corrected chi connectivity index (χ3v) is 4.68. The number of carbonyl (C=O) groups is 1. The molecule has 1 aliphatic carbocycles. The average Bonchev–Trinajstić information content (AvgIpc) is 3.21. The third kappa shape index (κ3) is 2.55. The highest BCUT2D eigenvalue weighted by Crippen LogP contribution is 2.40. The Kier molecular flexibility index (Phi) is 3.55. The van der Waals surface area contributed by atoms with Crippen molar-refractivity contribution in [2.75, 3.05) is 5.32 Å². The minimum absolute atomic E-state index is 0.160. The number of fused-ring (bicyclic) bond motifs is 1. The van der Waals surface area contributed by atoms with Crippen LogP contribution in [0.25, 0.3) is 11.0 Å². The Bertz CT molecular complexity index is 892. The van der Waals surface area contributed by atoms with Crippen LogP contribution in [0.5, 0.6) is 0 Å². The van der Waals surface area contributed by atoms with Gasteiger partial charge in [-0.05, 0) is 50.8 Å². The van der Waals surface area contributed by atoms with Crippen LogP contribution in [0.3, 0.4) is 0 Å². The van der Waals surface area contributed by atoms with Crippen LogP contribution in [0.4, 0.5) is 5.82 Å². The first-order chi connectivity index (χ1) is 11.7. The van der Waals surface area contributed by atoms with E-state index in [-0.39, 0.29) is 5.91 Å². The maximum absolute atomic E-state index is 12.6. The van der Waals surface area contributed by atoms with Crippen molar-refractivity contribution in [1.29, 1.82) is 0 Å². The van der Waals surface area contributed by atoms with Gasteiger partial charge in [-0.1, -0.05) is 5.21 Å². The van der Waals surface area contributed by atoms with Crippen molar-refractivity contribution < 1.29 is 4.79 Å². The molecule has 7 heteroatoms. The lowest BCUT2D eigenvalue weighted by atomic mass is 10.2. The van der Waals surface area contributed by atoms with Crippen LogP contribution in [0.15, 0.2) is 30.5 Å². The highest BCUT2D eigenvalue weighted by molar-refractivity contribution is 6.05. The highest BCUT2D eigenvalue weighted by Gasteiger charge is 2.30. The molecule has 1 amide bonds. The molecule has 7 nitrogen and oxygen atoms in total. The van der Waals surface area contributed by atoms with Crippen molar-refractivity contribution in [3.8, 4) is 0 Å². The Morgan fingerprint density at radius 3 is 2.96 bits per heavy atom. The molecule has 2 aromatic heterocycles. The molecule has 3 aromatic rings. The van der Waals surface area contributed by atoms with E-state index in [9.17, 15) is 4.79 Å². The predicted molar refractivity (Wildman–Crippen MR) is 90.8 cm³/mol. The van der Waals surface area contributed by atoms with E-state index in [4.69, 9.17) is 0 Å². The molecule has 124 valence electrons. The SMILES string of the molecule is CCn1nnc2cc(C(=O)Nc3ccnn3C(C)C3CC3)ccc21. The van der Waals surface area contributed by atoms with Crippen LogP contribution in [0.2, 0.25) is 0 Å². The van der Waals surface area contributed by atoms with Gasteiger partial charge in [0.15, 0.2) is 0 Å². The zero-order chi connectivity index (χ0) is 16.7. The number of anilines is 1. The summed E-state index contributed by atoms with van der Waals surface area (Å²) in [7, 11) is 0. The van der Waals surface area contributed by atoms with Gasteiger partial charge in [0.1, 0.15) is 11.3 Å². The molecule has 1 unspecified atom stereocenters. The Labute approximate surface area is 139 Å². The fourth-order valence-electron chi connectivity index (χ4n) is 3.05. The normalized spacial score (nSPS) is 15.6. The molecule has 0 saturated heterocycles. The molecule has 0 bridgehead atoms. The molecule has 1 aromatic carbocycles. The number of aryl methyl sites for hydroxylation is 1. The van der Waals surface area contributed by atoms with Gasteiger partial charge in [-0.2, -0.15) is 5.10 Å². The van der Waals surface area contributed by atoms with Gasteiger partial charge in [0, 0.05) is 18.2 Å². The molecule has 1 fully saturated rings. The number of nitrogens with zero attached hydrogens (tertiary/aromatic N) is 5. The molecule has 2 heterocycles. The first-order valence-electron chi connectivity index (χ1n) is 8.35. The number of hydrogen-bond donors (Lipinski definition) is 1. The van der Waals surface area contributed by atoms with Gasteiger partial charge in [-0.25, -0.2) is 9.36 Å². The second-order valence-electron chi connectivity index (χ2n) is 6.30. The van der Waals surface area contributed by atoms with E-state index in [0.717, 1.165) is 23.4 Å². The van der Waals surface area contributed by atoms with Crippen LogP contribution in [-0.4, -0.2) is 30.7 Å². The Morgan fingerprint density at radius 2 is 2.21 bits per heavy atom. The van der Waals surface area contributed by atoms with E-state index >= 15 is 0 Å². The van der Waals surface area contributed by atoms with Crippen LogP contribution in [0, 0.1) is 5.92 Å². The molecule has 24 heavy (non-hydrogen) atoms. The maximum Gasteiger partial charge on any atom is 0.256 e. The summed E-state index contributed by atoms with van der Waals surface area (Å²) < 4.78 is 3.71. The smallest absolute Gasteiger partial charge is 0.256 e. The van der Waals surface area contributed by atoms with E-state index in [0.29, 0.717) is 17.5 Å². The summed E-state index contributed by atoms with van der Waals surface area (Å²) in [4.78, 5) is 12.6. The summed E-state index contributed by atoms with van der Waals surface area (Å²) in [6, 6.07) is 7.61. The van der Waals surface area contributed by atoms with Crippen LogP contribution >= 0.6 is 0 Å². The quantitative estimate of drug-likeness (QED) is 0.783. The largest absolute Gasteiger partial charge is 0.307 e. The van der Waals surface area contributed by atoms with Gasteiger partial charge in [-0.3, -0.25) is 4.79 Å². The van der Waals surface area contributed by atoms with E-state index in [1.807, 2.05) is 28.4 Å². The molecular formula is C17H20N6O. The molecule has 0 aliphatic heterocycles. The van der Waals surface area contributed by atoms with Gasteiger partial charge in [0.05, 0.1) is 17.8 Å². The molecule has 4 rings (SSSR count). The first-order valence-corrected chi connectivity index (χ1v) is 8.35. The Hall–Kier alpha value is -2.70. The summed E-state index contributed by atoms with van der Waals surface area (Å²) in [5.41, 5.74) is 2.23. The van der Waals surface area contributed by atoms with Gasteiger partial charge in [0.25, 0.3) is 5.91 Å². The van der Waals surface area contributed by atoms with Crippen molar-refractivity contribution in [3.05, 3.63) is 36.0 Å². The number of carbonyl (C=O) groups excluding carboxylic acids is 1. The summed E-state index contributed by atoms with van der Waals surface area (Å²) in [6.45, 7) is 4.91. The molecular weight excluding hydrogens is 304 g/mol. The van der Waals surface area contributed by atoms with Crippen molar-refractivity contribution in [2.24, 2.45) is 5.92 Å². The minimum Gasteiger partial charge on any atom is -0.307 e. The van der Waals surface area contributed by atoms with Crippen LogP contribution < -0.4 is 5.32 Å². The third-order valence-electron chi connectivity index (χ3n) is 4.68. The van der Waals surface area contributed by atoms with Crippen molar-refractivity contribution in [1.82, 2.24) is 24.8 Å². The lowest BCUT2D eigenvalue weighted by Crippen LogP contribution is -2.18. The topological polar surface area (TPSA) is 77.6 Å². The minimum atomic E-state index is -0.160. The summed E-state index contributed by atoms with van der Waals surface area (Å²) in [5.74, 6) is 1.24. The van der Waals surface area contributed by atoms with E-state index < -0.39 is 0 Å². The molecule has 1 atom stereocenters. The summed E-state index contributed by atoms with van der Waals surface area (Å²) in [5, 5.41) is 15.5. The molecule has 1 saturated carbocycles. The summed E-state index contributed by atoms with van der Waals surface area (Å²) in [6.07, 6.45) is 4.20. The molecule has 0 radical (unpaired) electrons. The van der Waals surface area contributed by atoms with E-state index in [2.05, 4.69) is 27.7 Å². The van der Waals surface area contributed by atoms with Crippen molar-refractivity contribution in [3.63, 3.8) is 0 Å². The summed E-state index contributed by atoms with van der Waals surface area (Å²) >= 11 is 0. The number of rotatable bonds is 5. The monoisotopic (exact) mass is 324 g/mol. The molecule has 1 N–H and O–H groups in total. The fraction of sp³-hybridized carbons (Fsp3) is 0.412. The lowest BCUT2D eigenvalue weighted by molar-refractivity contribution is 0.102. The number of amides is 1. The number of hydrogen-bond acceptors (Lipinski definition) is 4. The fourth-order valence-corrected chi connectivity index (χ4v) is 3.05. The number of nitrogens with one attached hydrogen (secondary N) is 1. The lowest BCUT2D eigenvalue weighted by Gasteiger charge is -2.15. The number of aromatic nitrogens is 5. The average molecular weight is 324 g/mol. The standard InChI is InChI=1S/C17H20N6O/c1-3-22-15-7-6-13(10-14(15)20-21-22)17(24)19-16-8-9-18-23(16)11(2)12-4-5-12/h6-12H,3-5H2,1-2H3,(H,19,24). The van der Waals surface area contributed by atoms with Crippen LogP contribution in [0.1, 0.15) is 43.1 Å². The zero-order valence-corrected chi connectivity index (χ0v) is 13.8. The van der Waals surface area contributed by atoms with Crippen molar-refractivity contribution in [2.45, 2.75) is 39.3 Å². The molecule has 0 spiro atoms. The highest BCUT2D eigenvalue weighted by atomic mass is 16.1. The van der Waals surface area contributed by atoms with Gasteiger partial charge < -0.3 is 5.32 Å². The molecule has 1 aliphatic rings. The maximum atomic E-state index is 12.6. The van der Waals surface area contributed by atoms with E-state index in [1.54, 1.807) is 18.3 Å². The second-order valence-corrected chi connectivity index (χ2v) is 6.30. The van der Waals surface area contributed by atoms with Crippen molar-refractivity contribution >= 4 is 22.8 Å². The Morgan fingerprint density at radius 1 is 1.38 bits per heavy atom. The Balaban J connectivity index is 1.57. The zero-order valence-electron chi connectivity index (χ0n) is 13.8. The van der Waals surface area contributed by atoms with Gasteiger partial charge in [0.2, 0.25) is 0 Å². The van der Waals surface area contributed by atoms with Crippen LogP contribution in [-0.2, 0) is 6.54 Å². The first kappa shape index (κ1) is 14.9. The number of benzene rings is 1. The van der Waals surface area contributed by atoms with Gasteiger partial charge in [-0.15, -0.1) is 5.10 Å². The van der Waals surface area contributed by atoms with Gasteiger partial charge >= 0.3 is 0 Å². The van der Waals surface area contributed by atoms with E-state index in [1.165, 1.54) is 12.8 Å². The second kappa shape index (κ2) is 5.74.